The molecule has 0 aliphatic heterocycles. The summed E-state index contributed by atoms with van der Waals surface area (Å²) in [6.45, 7) is 2.06. The average molecular weight is 341 g/mol. The zero-order valence-electron chi connectivity index (χ0n) is 10.6. The van der Waals surface area contributed by atoms with E-state index in [-0.39, 0.29) is 6.04 Å². The Morgan fingerprint density at radius 1 is 1.21 bits per heavy atom. The Morgan fingerprint density at radius 2 is 1.95 bits per heavy atom. The number of ether oxygens (including phenoxy) is 1. The second-order valence-electron chi connectivity index (χ2n) is 4.23. The highest BCUT2D eigenvalue weighted by Crippen LogP contribution is 2.35. The van der Waals surface area contributed by atoms with Crippen LogP contribution in [0.4, 0.5) is 0 Å². The standard InChI is InChI=1S/C15H15BrClNO/c1-2-13(18)11-5-3-4-6-14(11)19-15-8-7-10(17)9-12(15)16/h3-9,13H,2,18H2,1H3/t13-/m1/s1. The Labute approximate surface area is 126 Å². The van der Waals surface area contributed by atoms with Crippen LogP contribution in [0.3, 0.4) is 0 Å². The van der Waals surface area contributed by atoms with Crippen LogP contribution in [0.5, 0.6) is 11.5 Å². The van der Waals surface area contributed by atoms with E-state index in [1.165, 1.54) is 0 Å². The van der Waals surface area contributed by atoms with Crippen molar-refractivity contribution in [2.45, 2.75) is 19.4 Å². The zero-order valence-corrected chi connectivity index (χ0v) is 12.9. The lowest BCUT2D eigenvalue weighted by molar-refractivity contribution is 0.466. The number of hydrogen-bond acceptors (Lipinski definition) is 2. The molecule has 2 nitrogen and oxygen atoms in total. The summed E-state index contributed by atoms with van der Waals surface area (Å²) >= 11 is 9.36. The Bertz CT molecular complexity index is 574. The van der Waals surface area contributed by atoms with Crippen molar-refractivity contribution < 1.29 is 4.74 Å². The van der Waals surface area contributed by atoms with Crippen LogP contribution in [0.2, 0.25) is 5.02 Å². The minimum absolute atomic E-state index is 0.0257. The number of halogens is 2. The maximum absolute atomic E-state index is 6.10. The minimum Gasteiger partial charge on any atom is -0.456 e. The lowest BCUT2D eigenvalue weighted by Gasteiger charge is -2.16. The van der Waals surface area contributed by atoms with Crippen molar-refractivity contribution in [3.8, 4) is 11.5 Å². The lowest BCUT2D eigenvalue weighted by Crippen LogP contribution is -2.09. The molecule has 100 valence electrons. The molecule has 1 atom stereocenters. The van der Waals surface area contributed by atoms with Gasteiger partial charge in [-0.1, -0.05) is 36.7 Å². The van der Waals surface area contributed by atoms with Crippen LogP contribution in [-0.4, -0.2) is 0 Å². The van der Waals surface area contributed by atoms with Crippen LogP contribution in [0.25, 0.3) is 0 Å². The number of hydrogen-bond donors (Lipinski definition) is 1. The van der Waals surface area contributed by atoms with Crippen LogP contribution in [-0.2, 0) is 0 Å². The van der Waals surface area contributed by atoms with E-state index in [4.69, 9.17) is 22.1 Å². The molecule has 0 aromatic heterocycles. The molecular formula is C15H15BrClNO. The SMILES string of the molecule is CC[C@@H](N)c1ccccc1Oc1ccc(Cl)cc1Br. The molecule has 0 aliphatic rings. The second-order valence-corrected chi connectivity index (χ2v) is 5.52. The van der Waals surface area contributed by atoms with Gasteiger partial charge in [0.1, 0.15) is 11.5 Å². The Morgan fingerprint density at radius 3 is 2.63 bits per heavy atom. The van der Waals surface area contributed by atoms with E-state index < -0.39 is 0 Å². The van der Waals surface area contributed by atoms with Crippen molar-refractivity contribution in [2.24, 2.45) is 5.73 Å². The Balaban J connectivity index is 2.33. The number of para-hydroxylation sites is 1. The smallest absolute Gasteiger partial charge is 0.141 e. The van der Waals surface area contributed by atoms with Gasteiger partial charge in [0.05, 0.1) is 4.47 Å². The largest absolute Gasteiger partial charge is 0.456 e. The highest BCUT2D eigenvalue weighted by Gasteiger charge is 2.12. The fourth-order valence-electron chi connectivity index (χ4n) is 1.78. The molecule has 0 bridgehead atoms. The molecule has 4 heteroatoms. The van der Waals surface area contributed by atoms with Gasteiger partial charge in [-0.2, -0.15) is 0 Å². The van der Waals surface area contributed by atoms with Gasteiger partial charge in [-0.15, -0.1) is 0 Å². The first kappa shape index (κ1) is 14.4. The molecular weight excluding hydrogens is 326 g/mol. The number of benzene rings is 2. The quantitative estimate of drug-likeness (QED) is 0.819. The van der Waals surface area contributed by atoms with Crippen molar-refractivity contribution >= 4 is 27.5 Å². The van der Waals surface area contributed by atoms with Gasteiger partial charge in [0.25, 0.3) is 0 Å². The van der Waals surface area contributed by atoms with Gasteiger partial charge in [-0.05, 0) is 46.6 Å². The summed E-state index contributed by atoms with van der Waals surface area (Å²) in [7, 11) is 0. The third-order valence-corrected chi connectivity index (χ3v) is 3.73. The predicted molar refractivity (Wildman–Crippen MR) is 82.9 cm³/mol. The minimum atomic E-state index is -0.0257. The monoisotopic (exact) mass is 339 g/mol. The second kappa shape index (κ2) is 6.42. The lowest BCUT2D eigenvalue weighted by atomic mass is 10.0. The third-order valence-electron chi connectivity index (χ3n) is 2.87. The maximum Gasteiger partial charge on any atom is 0.141 e. The van der Waals surface area contributed by atoms with Gasteiger partial charge in [0, 0.05) is 16.6 Å². The van der Waals surface area contributed by atoms with E-state index >= 15 is 0 Å². The Kier molecular flexibility index (Phi) is 4.86. The van der Waals surface area contributed by atoms with E-state index in [0.29, 0.717) is 5.02 Å². The molecule has 2 rings (SSSR count). The van der Waals surface area contributed by atoms with Crippen molar-refractivity contribution in [2.75, 3.05) is 0 Å². The first-order valence-electron chi connectivity index (χ1n) is 6.09. The predicted octanol–water partition coefficient (Wildman–Crippen LogP) is 5.30. The van der Waals surface area contributed by atoms with Crippen molar-refractivity contribution in [1.82, 2.24) is 0 Å². The molecule has 0 radical (unpaired) electrons. The fraction of sp³-hybridized carbons (Fsp3) is 0.200. The molecule has 0 amide bonds. The van der Waals surface area contributed by atoms with Gasteiger partial charge in [-0.25, -0.2) is 0 Å². The number of rotatable bonds is 4. The molecule has 0 spiro atoms. The van der Waals surface area contributed by atoms with Crippen molar-refractivity contribution in [1.29, 1.82) is 0 Å². The average Bonchev–Trinajstić information content (AvgIpc) is 2.41. The first-order chi connectivity index (χ1) is 9.11. The molecule has 19 heavy (non-hydrogen) atoms. The van der Waals surface area contributed by atoms with E-state index in [9.17, 15) is 0 Å². The summed E-state index contributed by atoms with van der Waals surface area (Å²) in [6, 6.07) is 13.2. The van der Waals surface area contributed by atoms with Crippen LogP contribution in [0.1, 0.15) is 24.9 Å². The Hall–Kier alpha value is -1.03. The summed E-state index contributed by atoms with van der Waals surface area (Å²) in [5, 5.41) is 0.665. The van der Waals surface area contributed by atoms with Gasteiger partial charge in [-0.3, -0.25) is 0 Å². The van der Waals surface area contributed by atoms with E-state index in [1.807, 2.05) is 30.3 Å². The molecule has 0 saturated heterocycles. The van der Waals surface area contributed by atoms with E-state index in [2.05, 4.69) is 22.9 Å². The van der Waals surface area contributed by atoms with Gasteiger partial charge >= 0.3 is 0 Å². The van der Waals surface area contributed by atoms with Crippen molar-refractivity contribution in [3.05, 3.63) is 57.5 Å². The van der Waals surface area contributed by atoms with Gasteiger partial charge < -0.3 is 10.5 Å². The maximum atomic E-state index is 6.10. The van der Waals surface area contributed by atoms with Gasteiger partial charge in [0.15, 0.2) is 0 Å². The zero-order chi connectivity index (χ0) is 13.8. The van der Waals surface area contributed by atoms with Crippen LogP contribution < -0.4 is 10.5 Å². The fourth-order valence-corrected chi connectivity index (χ4v) is 2.54. The first-order valence-corrected chi connectivity index (χ1v) is 7.26. The summed E-state index contributed by atoms with van der Waals surface area (Å²) in [5.74, 6) is 1.50. The molecule has 0 saturated carbocycles. The molecule has 2 N–H and O–H groups in total. The molecule has 0 fully saturated rings. The van der Waals surface area contributed by atoms with Crippen LogP contribution in [0.15, 0.2) is 46.9 Å². The topological polar surface area (TPSA) is 35.2 Å². The van der Waals surface area contributed by atoms with Crippen molar-refractivity contribution in [3.63, 3.8) is 0 Å². The third kappa shape index (κ3) is 3.50. The normalized spacial score (nSPS) is 12.2. The number of nitrogens with two attached hydrogens (primary N) is 1. The summed E-state index contributed by atoms with van der Waals surface area (Å²) in [6.07, 6.45) is 0.863. The van der Waals surface area contributed by atoms with E-state index in [1.54, 1.807) is 12.1 Å². The summed E-state index contributed by atoms with van der Waals surface area (Å²) in [4.78, 5) is 0. The van der Waals surface area contributed by atoms with Gasteiger partial charge in [0.2, 0.25) is 0 Å². The summed E-state index contributed by atoms with van der Waals surface area (Å²) in [5.41, 5.74) is 7.10. The highest BCUT2D eigenvalue weighted by atomic mass is 79.9. The molecule has 2 aromatic carbocycles. The molecule has 0 heterocycles. The van der Waals surface area contributed by atoms with Crippen LogP contribution in [0, 0.1) is 0 Å². The highest BCUT2D eigenvalue weighted by molar-refractivity contribution is 9.10. The van der Waals surface area contributed by atoms with E-state index in [0.717, 1.165) is 28.0 Å². The molecule has 0 unspecified atom stereocenters. The summed E-state index contributed by atoms with van der Waals surface area (Å²) < 4.78 is 6.75. The molecule has 0 aliphatic carbocycles. The van der Waals surface area contributed by atoms with Crippen LogP contribution >= 0.6 is 27.5 Å². The molecule has 2 aromatic rings.